The van der Waals surface area contributed by atoms with Crippen molar-refractivity contribution >= 4 is 11.6 Å². The molecule has 0 atom stereocenters. The lowest BCUT2D eigenvalue weighted by molar-refractivity contribution is 0.249. The number of rotatable bonds is 6. The summed E-state index contributed by atoms with van der Waals surface area (Å²) in [6.07, 6.45) is 1.91. The van der Waals surface area contributed by atoms with E-state index in [1.54, 1.807) is 0 Å². The summed E-state index contributed by atoms with van der Waals surface area (Å²) in [6, 6.07) is 8.09. The van der Waals surface area contributed by atoms with Gasteiger partial charge in [0.15, 0.2) is 0 Å². The number of likely N-dealkylation sites (N-methyl/N-ethyl adjacent to an activating group) is 1. The normalized spacial score (nSPS) is 11.2. The zero-order valence-corrected chi connectivity index (χ0v) is 10.6. The Balaban J connectivity index is 2.22. The molecule has 0 unspecified atom stereocenters. The molecule has 0 bridgehead atoms. The van der Waals surface area contributed by atoms with Gasteiger partial charge in [-0.25, -0.2) is 0 Å². The standard InChI is InChI=1S/C13H18ClNO/c1-12-4-6-13(7-5-12)16-11-10-15(2)9-3-8-14/h3-8H,9-11H2,1-2H3/b8-3+. The predicted octanol–water partition coefficient (Wildman–Crippen LogP) is 3.06. The molecule has 16 heavy (non-hydrogen) atoms. The fourth-order valence-electron chi connectivity index (χ4n) is 1.26. The Hall–Kier alpha value is -0.990. The van der Waals surface area contributed by atoms with Crippen LogP contribution in [0, 0.1) is 6.92 Å². The maximum absolute atomic E-state index is 5.61. The summed E-state index contributed by atoms with van der Waals surface area (Å²) < 4.78 is 5.61. The number of nitrogens with zero attached hydrogens (tertiary/aromatic N) is 1. The van der Waals surface area contributed by atoms with Crippen LogP contribution in [0.25, 0.3) is 0 Å². The van der Waals surface area contributed by atoms with E-state index < -0.39 is 0 Å². The van der Waals surface area contributed by atoms with Crippen molar-refractivity contribution in [3.05, 3.63) is 41.4 Å². The molecule has 0 aromatic heterocycles. The molecule has 0 spiro atoms. The molecule has 1 aromatic rings. The third kappa shape index (κ3) is 5.19. The molecule has 0 aliphatic rings. The van der Waals surface area contributed by atoms with E-state index >= 15 is 0 Å². The molecule has 0 aliphatic heterocycles. The number of hydrogen-bond donors (Lipinski definition) is 0. The van der Waals surface area contributed by atoms with Crippen LogP contribution in [-0.4, -0.2) is 31.6 Å². The van der Waals surface area contributed by atoms with Crippen LogP contribution in [0.3, 0.4) is 0 Å². The number of aryl methyl sites for hydroxylation is 1. The maximum atomic E-state index is 5.61. The Kier molecular flexibility index (Phi) is 5.98. The summed E-state index contributed by atoms with van der Waals surface area (Å²) in [7, 11) is 2.04. The second-order valence-corrected chi connectivity index (χ2v) is 4.04. The fourth-order valence-corrected chi connectivity index (χ4v) is 1.34. The van der Waals surface area contributed by atoms with E-state index in [2.05, 4.69) is 24.0 Å². The maximum Gasteiger partial charge on any atom is 0.119 e. The lowest BCUT2D eigenvalue weighted by atomic mass is 10.2. The average molecular weight is 240 g/mol. The van der Waals surface area contributed by atoms with Gasteiger partial charge in [-0.15, -0.1) is 0 Å². The number of benzene rings is 1. The SMILES string of the molecule is Cc1ccc(OCCN(C)C/C=C/Cl)cc1. The molecule has 2 nitrogen and oxygen atoms in total. The Labute approximate surface area is 102 Å². The molecule has 0 N–H and O–H groups in total. The van der Waals surface area contributed by atoms with Gasteiger partial charge in [0.1, 0.15) is 12.4 Å². The van der Waals surface area contributed by atoms with Crippen molar-refractivity contribution in [2.75, 3.05) is 26.7 Å². The highest BCUT2D eigenvalue weighted by atomic mass is 35.5. The van der Waals surface area contributed by atoms with E-state index in [4.69, 9.17) is 16.3 Å². The third-order valence-corrected chi connectivity index (χ3v) is 2.45. The molecule has 88 valence electrons. The minimum absolute atomic E-state index is 0.690. The van der Waals surface area contributed by atoms with Crippen molar-refractivity contribution in [1.29, 1.82) is 0 Å². The van der Waals surface area contributed by atoms with Gasteiger partial charge < -0.3 is 4.74 Å². The highest BCUT2D eigenvalue weighted by molar-refractivity contribution is 6.25. The van der Waals surface area contributed by atoms with Gasteiger partial charge in [-0.3, -0.25) is 4.90 Å². The highest BCUT2D eigenvalue weighted by Gasteiger charge is 1.96. The molecule has 0 aliphatic carbocycles. The third-order valence-electron chi connectivity index (χ3n) is 2.27. The van der Waals surface area contributed by atoms with Gasteiger partial charge >= 0.3 is 0 Å². The van der Waals surface area contributed by atoms with Gasteiger partial charge in [0.2, 0.25) is 0 Å². The predicted molar refractivity (Wildman–Crippen MR) is 69.2 cm³/mol. The van der Waals surface area contributed by atoms with Crippen molar-refractivity contribution in [3.63, 3.8) is 0 Å². The van der Waals surface area contributed by atoms with E-state index in [9.17, 15) is 0 Å². The highest BCUT2D eigenvalue weighted by Crippen LogP contribution is 2.10. The summed E-state index contributed by atoms with van der Waals surface area (Å²) in [4.78, 5) is 2.15. The molecule has 0 fully saturated rings. The summed E-state index contributed by atoms with van der Waals surface area (Å²) in [5.41, 5.74) is 2.79. The average Bonchev–Trinajstić information content (AvgIpc) is 2.29. The van der Waals surface area contributed by atoms with Crippen LogP contribution in [0.2, 0.25) is 0 Å². The van der Waals surface area contributed by atoms with Crippen LogP contribution in [0.5, 0.6) is 5.75 Å². The fraction of sp³-hybridized carbons (Fsp3) is 0.385. The molecule has 1 aromatic carbocycles. The second-order valence-electron chi connectivity index (χ2n) is 3.79. The first-order valence-corrected chi connectivity index (χ1v) is 5.79. The number of hydrogen-bond acceptors (Lipinski definition) is 2. The van der Waals surface area contributed by atoms with Crippen molar-refractivity contribution in [2.24, 2.45) is 0 Å². The number of halogens is 1. The number of ether oxygens (including phenoxy) is 1. The van der Waals surface area contributed by atoms with Crippen LogP contribution < -0.4 is 4.74 Å². The van der Waals surface area contributed by atoms with E-state index in [1.165, 1.54) is 11.1 Å². The summed E-state index contributed by atoms with van der Waals surface area (Å²) in [5, 5.41) is 0. The van der Waals surface area contributed by atoms with Crippen LogP contribution in [0.1, 0.15) is 5.56 Å². The largest absolute Gasteiger partial charge is 0.492 e. The molecule has 0 amide bonds. The zero-order valence-electron chi connectivity index (χ0n) is 9.82. The lowest BCUT2D eigenvalue weighted by Gasteiger charge is -2.14. The van der Waals surface area contributed by atoms with Gasteiger partial charge in [0.05, 0.1) is 0 Å². The summed E-state index contributed by atoms with van der Waals surface area (Å²) in [6.45, 7) is 4.49. The molecule has 0 saturated heterocycles. The minimum atomic E-state index is 0.690. The minimum Gasteiger partial charge on any atom is -0.492 e. The van der Waals surface area contributed by atoms with Crippen molar-refractivity contribution in [3.8, 4) is 5.75 Å². The molecule has 3 heteroatoms. The van der Waals surface area contributed by atoms with E-state index in [-0.39, 0.29) is 0 Å². The topological polar surface area (TPSA) is 12.5 Å². The van der Waals surface area contributed by atoms with Gasteiger partial charge in [-0.05, 0) is 26.1 Å². The smallest absolute Gasteiger partial charge is 0.119 e. The van der Waals surface area contributed by atoms with Crippen molar-refractivity contribution < 1.29 is 4.74 Å². The molecular weight excluding hydrogens is 222 g/mol. The molecular formula is C13H18ClNO. The summed E-state index contributed by atoms with van der Waals surface area (Å²) >= 11 is 5.45. The Morgan fingerprint density at radius 2 is 2.00 bits per heavy atom. The van der Waals surface area contributed by atoms with Crippen molar-refractivity contribution in [1.82, 2.24) is 4.90 Å². The monoisotopic (exact) mass is 239 g/mol. The Morgan fingerprint density at radius 3 is 2.62 bits per heavy atom. The van der Waals surface area contributed by atoms with Crippen LogP contribution in [0.15, 0.2) is 35.9 Å². The van der Waals surface area contributed by atoms with Gasteiger partial charge in [0, 0.05) is 18.6 Å². The first-order chi connectivity index (χ1) is 7.72. The summed E-state index contributed by atoms with van der Waals surface area (Å²) in [5.74, 6) is 0.923. The lowest BCUT2D eigenvalue weighted by Crippen LogP contribution is -2.24. The van der Waals surface area contributed by atoms with E-state index in [0.717, 1.165) is 18.8 Å². The Morgan fingerprint density at radius 1 is 1.31 bits per heavy atom. The van der Waals surface area contributed by atoms with Crippen LogP contribution in [0.4, 0.5) is 0 Å². The van der Waals surface area contributed by atoms with Gasteiger partial charge in [0.25, 0.3) is 0 Å². The first kappa shape index (κ1) is 13.1. The Bertz CT molecular complexity index is 321. The molecule has 1 rings (SSSR count). The van der Waals surface area contributed by atoms with Gasteiger partial charge in [-0.2, -0.15) is 0 Å². The molecule has 0 heterocycles. The van der Waals surface area contributed by atoms with E-state index in [1.807, 2.05) is 25.3 Å². The van der Waals surface area contributed by atoms with Crippen molar-refractivity contribution in [2.45, 2.75) is 6.92 Å². The van der Waals surface area contributed by atoms with E-state index in [0.29, 0.717) is 6.61 Å². The second kappa shape index (κ2) is 7.31. The zero-order chi connectivity index (χ0) is 11.8. The van der Waals surface area contributed by atoms with Crippen LogP contribution in [-0.2, 0) is 0 Å². The van der Waals surface area contributed by atoms with Gasteiger partial charge in [-0.1, -0.05) is 35.4 Å². The molecule has 0 radical (unpaired) electrons. The quantitative estimate of drug-likeness (QED) is 0.757. The molecule has 0 saturated carbocycles. The first-order valence-electron chi connectivity index (χ1n) is 5.35. The van der Waals surface area contributed by atoms with Crippen LogP contribution >= 0.6 is 11.6 Å².